The SMILES string of the molecule is CCN(C)C(=O)c1ccc(-c2cc(C)c(Cl)nn2)cc1. The van der Waals surface area contributed by atoms with Crippen molar-refractivity contribution in [3.05, 3.63) is 46.6 Å². The molecule has 5 heteroatoms. The van der Waals surface area contributed by atoms with Crippen LogP contribution in [0.4, 0.5) is 0 Å². The van der Waals surface area contributed by atoms with Gasteiger partial charge in [0.05, 0.1) is 5.69 Å². The van der Waals surface area contributed by atoms with Crippen LogP contribution in [0.25, 0.3) is 11.3 Å². The van der Waals surface area contributed by atoms with Crippen molar-refractivity contribution in [1.82, 2.24) is 15.1 Å². The maximum Gasteiger partial charge on any atom is 0.253 e. The fourth-order valence-corrected chi connectivity index (χ4v) is 1.85. The van der Waals surface area contributed by atoms with Crippen LogP contribution in [0.2, 0.25) is 5.15 Å². The summed E-state index contributed by atoms with van der Waals surface area (Å²) in [5.41, 5.74) is 3.20. The van der Waals surface area contributed by atoms with E-state index < -0.39 is 0 Å². The molecule has 2 aromatic rings. The number of nitrogens with zero attached hydrogens (tertiary/aromatic N) is 3. The first-order chi connectivity index (χ1) is 9.52. The van der Waals surface area contributed by atoms with E-state index in [2.05, 4.69) is 10.2 Å². The number of hydrogen-bond donors (Lipinski definition) is 0. The Kier molecular flexibility index (Phi) is 4.35. The summed E-state index contributed by atoms with van der Waals surface area (Å²) < 4.78 is 0. The van der Waals surface area contributed by atoms with Crippen LogP contribution in [0.15, 0.2) is 30.3 Å². The first kappa shape index (κ1) is 14.5. The van der Waals surface area contributed by atoms with Gasteiger partial charge in [-0.2, -0.15) is 0 Å². The largest absolute Gasteiger partial charge is 0.342 e. The molecule has 1 aromatic heterocycles. The molecule has 0 aliphatic heterocycles. The molecule has 4 nitrogen and oxygen atoms in total. The summed E-state index contributed by atoms with van der Waals surface area (Å²) in [6, 6.07) is 9.22. The third-order valence-electron chi connectivity index (χ3n) is 3.17. The molecular weight excluding hydrogens is 274 g/mol. The van der Waals surface area contributed by atoms with Gasteiger partial charge in [-0.15, -0.1) is 10.2 Å². The van der Waals surface area contributed by atoms with Crippen molar-refractivity contribution >= 4 is 17.5 Å². The maximum absolute atomic E-state index is 12.0. The Morgan fingerprint density at radius 1 is 1.25 bits per heavy atom. The van der Waals surface area contributed by atoms with E-state index in [4.69, 9.17) is 11.6 Å². The van der Waals surface area contributed by atoms with Crippen LogP contribution >= 0.6 is 11.6 Å². The van der Waals surface area contributed by atoms with Gasteiger partial charge in [0, 0.05) is 24.7 Å². The Labute approximate surface area is 123 Å². The van der Waals surface area contributed by atoms with Crippen LogP contribution in [0, 0.1) is 6.92 Å². The summed E-state index contributed by atoms with van der Waals surface area (Å²) in [4.78, 5) is 13.7. The molecule has 0 spiro atoms. The van der Waals surface area contributed by atoms with Crippen LogP contribution in [-0.4, -0.2) is 34.6 Å². The standard InChI is InChI=1S/C15H16ClN3O/c1-4-19(3)15(20)12-7-5-11(6-8-12)13-9-10(2)14(16)18-17-13/h5-9H,4H2,1-3H3. The number of rotatable bonds is 3. The zero-order valence-electron chi connectivity index (χ0n) is 11.7. The molecule has 1 aromatic carbocycles. The zero-order chi connectivity index (χ0) is 14.7. The van der Waals surface area contributed by atoms with Gasteiger partial charge < -0.3 is 4.90 Å². The second-order valence-electron chi connectivity index (χ2n) is 4.60. The highest BCUT2D eigenvalue weighted by Crippen LogP contribution is 2.21. The van der Waals surface area contributed by atoms with Gasteiger partial charge in [0.15, 0.2) is 5.15 Å². The predicted octanol–water partition coefficient (Wildman–Crippen LogP) is 3.20. The number of carbonyl (C=O) groups is 1. The lowest BCUT2D eigenvalue weighted by Crippen LogP contribution is -2.26. The lowest BCUT2D eigenvalue weighted by Gasteiger charge is -2.14. The fourth-order valence-electron chi connectivity index (χ4n) is 1.76. The van der Waals surface area contributed by atoms with Crippen molar-refractivity contribution in [2.24, 2.45) is 0 Å². The highest BCUT2D eigenvalue weighted by Gasteiger charge is 2.10. The molecule has 1 heterocycles. The van der Waals surface area contributed by atoms with Crippen molar-refractivity contribution in [3.8, 4) is 11.3 Å². The number of amides is 1. The minimum absolute atomic E-state index is 0.0115. The smallest absolute Gasteiger partial charge is 0.253 e. The zero-order valence-corrected chi connectivity index (χ0v) is 12.5. The number of aryl methyl sites for hydroxylation is 1. The van der Waals surface area contributed by atoms with Crippen LogP contribution in [0.3, 0.4) is 0 Å². The molecule has 2 rings (SSSR count). The fraction of sp³-hybridized carbons (Fsp3) is 0.267. The van der Waals surface area contributed by atoms with Gasteiger partial charge in [-0.1, -0.05) is 23.7 Å². The van der Waals surface area contributed by atoms with E-state index in [1.807, 2.05) is 32.0 Å². The lowest BCUT2D eigenvalue weighted by molar-refractivity contribution is 0.0802. The van der Waals surface area contributed by atoms with Crippen molar-refractivity contribution in [2.75, 3.05) is 13.6 Å². The number of benzene rings is 1. The van der Waals surface area contributed by atoms with Gasteiger partial charge >= 0.3 is 0 Å². The van der Waals surface area contributed by atoms with Crippen molar-refractivity contribution < 1.29 is 4.79 Å². The van der Waals surface area contributed by atoms with E-state index in [0.717, 1.165) is 16.8 Å². The van der Waals surface area contributed by atoms with Crippen LogP contribution in [-0.2, 0) is 0 Å². The van der Waals surface area contributed by atoms with Crippen molar-refractivity contribution in [1.29, 1.82) is 0 Å². The Hall–Kier alpha value is -1.94. The van der Waals surface area contributed by atoms with Gasteiger partial charge in [-0.25, -0.2) is 0 Å². The molecule has 1 amide bonds. The Morgan fingerprint density at radius 2 is 1.90 bits per heavy atom. The molecule has 0 unspecified atom stereocenters. The topological polar surface area (TPSA) is 46.1 Å². The number of halogens is 1. The summed E-state index contributed by atoms with van der Waals surface area (Å²) in [5, 5.41) is 8.36. The second kappa shape index (κ2) is 6.01. The Balaban J connectivity index is 2.28. The maximum atomic E-state index is 12.0. The van der Waals surface area contributed by atoms with E-state index >= 15 is 0 Å². The van der Waals surface area contributed by atoms with Crippen molar-refractivity contribution in [2.45, 2.75) is 13.8 Å². The van der Waals surface area contributed by atoms with E-state index in [1.54, 1.807) is 24.1 Å². The molecule has 0 aliphatic carbocycles. The molecule has 20 heavy (non-hydrogen) atoms. The lowest BCUT2D eigenvalue weighted by atomic mass is 10.1. The summed E-state index contributed by atoms with van der Waals surface area (Å²) in [6.07, 6.45) is 0. The summed E-state index contributed by atoms with van der Waals surface area (Å²) >= 11 is 5.86. The minimum atomic E-state index is 0.0115. The predicted molar refractivity (Wildman–Crippen MR) is 79.8 cm³/mol. The molecule has 0 bridgehead atoms. The van der Waals surface area contributed by atoms with Gasteiger partial charge in [0.1, 0.15) is 0 Å². The molecule has 0 radical (unpaired) electrons. The molecule has 0 atom stereocenters. The monoisotopic (exact) mass is 289 g/mol. The number of carbonyl (C=O) groups excluding carboxylic acids is 1. The molecule has 0 fully saturated rings. The molecule has 0 saturated heterocycles. The minimum Gasteiger partial charge on any atom is -0.342 e. The number of hydrogen-bond acceptors (Lipinski definition) is 3. The van der Waals surface area contributed by atoms with Crippen LogP contribution < -0.4 is 0 Å². The molecular formula is C15H16ClN3O. The summed E-state index contributed by atoms with van der Waals surface area (Å²) in [7, 11) is 1.78. The average molecular weight is 290 g/mol. The molecule has 0 saturated carbocycles. The van der Waals surface area contributed by atoms with Crippen molar-refractivity contribution in [3.63, 3.8) is 0 Å². The molecule has 104 valence electrons. The first-order valence-corrected chi connectivity index (χ1v) is 6.76. The van der Waals surface area contributed by atoms with E-state index in [9.17, 15) is 4.79 Å². The van der Waals surface area contributed by atoms with E-state index in [0.29, 0.717) is 17.3 Å². The van der Waals surface area contributed by atoms with E-state index in [-0.39, 0.29) is 5.91 Å². The highest BCUT2D eigenvalue weighted by atomic mass is 35.5. The molecule has 0 N–H and O–H groups in total. The van der Waals surface area contributed by atoms with Crippen LogP contribution in [0.1, 0.15) is 22.8 Å². The van der Waals surface area contributed by atoms with Crippen LogP contribution in [0.5, 0.6) is 0 Å². The quantitative estimate of drug-likeness (QED) is 0.872. The Bertz CT molecular complexity index is 626. The van der Waals surface area contributed by atoms with Gasteiger partial charge in [-0.3, -0.25) is 4.79 Å². The van der Waals surface area contributed by atoms with E-state index in [1.165, 1.54) is 0 Å². The van der Waals surface area contributed by atoms with Gasteiger partial charge in [-0.05, 0) is 37.6 Å². The number of aromatic nitrogens is 2. The van der Waals surface area contributed by atoms with Gasteiger partial charge in [0.2, 0.25) is 0 Å². The normalized spacial score (nSPS) is 10.4. The first-order valence-electron chi connectivity index (χ1n) is 6.38. The third-order valence-corrected chi connectivity index (χ3v) is 3.55. The second-order valence-corrected chi connectivity index (χ2v) is 4.96. The summed E-state index contributed by atoms with van der Waals surface area (Å²) in [5.74, 6) is 0.0115. The highest BCUT2D eigenvalue weighted by molar-refractivity contribution is 6.30. The molecule has 0 aliphatic rings. The Morgan fingerprint density at radius 3 is 2.45 bits per heavy atom. The third kappa shape index (κ3) is 2.96. The van der Waals surface area contributed by atoms with Gasteiger partial charge in [0.25, 0.3) is 5.91 Å². The summed E-state index contributed by atoms with van der Waals surface area (Å²) in [6.45, 7) is 4.51. The average Bonchev–Trinajstić information content (AvgIpc) is 2.48.